The molecule has 0 atom stereocenters. The van der Waals surface area contributed by atoms with Gasteiger partial charge in [-0.2, -0.15) is 10.5 Å². The van der Waals surface area contributed by atoms with E-state index in [0.29, 0.717) is 32.0 Å². The summed E-state index contributed by atoms with van der Waals surface area (Å²) >= 11 is 0. The maximum atomic E-state index is 13.5. The normalized spacial score (nSPS) is 14.1. The number of hydrogen-bond acceptors (Lipinski definition) is 4. The van der Waals surface area contributed by atoms with Crippen LogP contribution in [0.2, 0.25) is 0 Å². The third kappa shape index (κ3) is 1.81. The predicted molar refractivity (Wildman–Crippen MR) is 121 cm³/mol. The van der Waals surface area contributed by atoms with Gasteiger partial charge < -0.3 is 4.40 Å². The second-order valence-electron chi connectivity index (χ2n) is 8.04. The van der Waals surface area contributed by atoms with Gasteiger partial charge in [-0.15, -0.1) is 0 Å². The van der Waals surface area contributed by atoms with E-state index >= 15 is 0 Å². The van der Waals surface area contributed by atoms with Crippen LogP contribution in [0.3, 0.4) is 0 Å². The molecule has 32 heavy (non-hydrogen) atoms. The zero-order valence-corrected chi connectivity index (χ0v) is 17.2. The molecule has 1 aliphatic rings. The minimum Gasteiger partial charge on any atom is -0.308 e. The van der Waals surface area contributed by atoms with Gasteiger partial charge >= 0.3 is 0 Å². The molecule has 1 aliphatic heterocycles. The summed E-state index contributed by atoms with van der Waals surface area (Å²) in [5, 5.41) is 22.4. The third-order valence-electron chi connectivity index (χ3n) is 6.52. The van der Waals surface area contributed by atoms with Crippen LogP contribution in [0.1, 0.15) is 11.1 Å². The highest BCUT2D eigenvalue weighted by Crippen LogP contribution is 2.52. The van der Waals surface area contributed by atoms with Gasteiger partial charge in [0.2, 0.25) is 9.84 Å². The van der Waals surface area contributed by atoms with E-state index in [-0.39, 0.29) is 0 Å². The van der Waals surface area contributed by atoms with E-state index in [1.54, 1.807) is 30.3 Å². The lowest BCUT2D eigenvalue weighted by molar-refractivity contribution is 0.599. The molecule has 0 saturated heterocycles. The minimum absolute atomic E-state index is 0.307. The molecule has 0 radical (unpaired) electrons. The lowest BCUT2D eigenvalue weighted by Crippen LogP contribution is -1.96. The molecule has 6 aromatic rings. The van der Waals surface area contributed by atoms with Crippen molar-refractivity contribution in [2.75, 3.05) is 0 Å². The summed E-state index contributed by atoms with van der Waals surface area (Å²) in [4.78, 5) is 0.630. The molecule has 2 aromatic heterocycles. The molecule has 5 nitrogen and oxygen atoms in total. The molecule has 148 valence electrons. The van der Waals surface area contributed by atoms with E-state index in [0.717, 1.165) is 38.1 Å². The molecule has 3 heterocycles. The number of benzene rings is 4. The predicted octanol–water partition coefficient (Wildman–Crippen LogP) is 5.39. The Bertz CT molecular complexity index is 2020. The van der Waals surface area contributed by atoms with Crippen molar-refractivity contribution in [3.8, 4) is 23.3 Å². The second kappa shape index (κ2) is 5.45. The summed E-state index contributed by atoms with van der Waals surface area (Å²) in [7, 11) is -3.65. The monoisotopic (exact) mass is 429 g/mol. The van der Waals surface area contributed by atoms with Crippen LogP contribution in [0.15, 0.2) is 76.5 Å². The molecule has 0 unspecified atom stereocenters. The van der Waals surface area contributed by atoms with E-state index in [2.05, 4.69) is 16.5 Å². The Morgan fingerprint density at radius 1 is 0.719 bits per heavy atom. The first-order chi connectivity index (χ1) is 15.5. The molecule has 4 aromatic carbocycles. The van der Waals surface area contributed by atoms with Crippen LogP contribution in [-0.2, 0) is 9.84 Å². The van der Waals surface area contributed by atoms with E-state index < -0.39 is 9.84 Å². The average Bonchev–Trinajstić information content (AvgIpc) is 3.41. The van der Waals surface area contributed by atoms with Crippen molar-refractivity contribution in [3.05, 3.63) is 77.9 Å². The zero-order chi connectivity index (χ0) is 21.8. The van der Waals surface area contributed by atoms with E-state index in [1.807, 2.05) is 36.4 Å². The van der Waals surface area contributed by atoms with Gasteiger partial charge in [-0.3, -0.25) is 0 Å². The maximum absolute atomic E-state index is 13.5. The molecule has 0 aliphatic carbocycles. The number of rotatable bonds is 0. The molecule has 0 bridgehead atoms. The first kappa shape index (κ1) is 17.3. The number of sulfone groups is 1. The fourth-order valence-electron chi connectivity index (χ4n) is 5.24. The second-order valence-corrected chi connectivity index (χ2v) is 9.93. The fourth-order valence-corrected chi connectivity index (χ4v) is 6.94. The molecular weight excluding hydrogens is 418 g/mol. The van der Waals surface area contributed by atoms with Gasteiger partial charge in [0.05, 0.1) is 49.6 Å². The Labute approximate surface area is 182 Å². The molecule has 6 heteroatoms. The van der Waals surface area contributed by atoms with Crippen LogP contribution >= 0.6 is 0 Å². The van der Waals surface area contributed by atoms with Crippen molar-refractivity contribution >= 4 is 47.9 Å². The SMILES string of the molecule is N#Cc1ccc2c3cc4c(c5c6ccc(C#N)cc6n(c2c1)c35)-c1ccccc1S4(=O)=O. The van der Waals surface area contributed by atoms with Gasteiger partial charge in [-0.05, 0) is 36.4 Å². The molecule has 0 N–H and O–H groups in total. The molecule has 7 rings (SSSR count). The Morgan fingerprint density at radius 2 is 1.38 bits per heavy atom. The number of hydrogen-bond donors (Lipinski definition) is 0. The lowest BCUT2D eigenvalue weighted by atomic mass is 9.97. The van der Waals surface area contributed by atoms with Gasteiger partial charge in [0.15, 0.2) is 0 Å². The molecule has 0 amide bonds. The van der Waals surface area contributed by atoms with Crippen molar-refractivity contribution in [1.29, 1.82) is 10.5 Å². The Hall–Kier alpha value is -4.39. The number of aromatic nitrogens is 1. The molecule has 0 fully saturated rings. The highest BCUT2D eigenvalue weighted by atomic mass is 32.2. The van der Waals surface area contributed by atoms with Crippen molar-refractivity contribution < 1.29 is 8.42 Å². The Kier molecular flexibility index (Phi) is 2.95. The summed E-state index contributed by atoms with van der Waals surface area (Å²) in [5.74, 6) is 0. The molecular formula is C26H11N3O2S. The van der Waals surface area contributed by atoms with Crippen LogP contribution in [-0.4, -0.2) is 12.8 Å². The van der Waals surface area contributed by atoms with Crippen LogP contribution in [0, 0.1) is 22.7 Å². The van der Waals surface area contributed by atoms with Gasteiger partial charge in [-0.1, -0.05) is 30.3 Å². The zero-order valence-electron chi connectivity index (χ0n) is 16.4. The first-order valence-corrected chi connectivity index (χ1v) is 11.5. The third-order valence-corrected chi connectivity index (χ3v) is 8.35. The van der Waals surface area contributed by atoms with E-state index in [4.69, 9.17) is 0 Å². The summed E-state index contributed by atoms with van der Waals surface area (Å²) in [6.07, 6.45) is 0. The quantitative estimate of drug-likeness (QED) is 0.323. The van der Waals surface area contributed by atoms with Crippen molar-refractivity contribution in [2.45, 2.75) is 9.79 Å². The average molecular weight is 429 g/mol. The molecule has 0 spiro atoms. The van der Waals surface area contributed by atoms with Gasteiger partial charge in [-0.25, -0.2) is 8.42 Å². The number of fused-ring (bicyclic) bond motifs is 10. The van der Waals surface area contributed by atoms with E-state index in [1.165, 1.54) is 0 Å². The fraction of sp³-hybridized carbons (Fsp3) is 0. The smallest absolute Gasteiger partial charge is 0.207 e. The van der Waals surface area contributed by atoms with Crippen molar-refractivity contribution in [2.24, 2.45) is 0 Å². The highest BCUT2D eigenvalue weighted by Gasteiger charge is 2.36. The van der Waals surface area contributed by atoms with Crippen LogP contribution in [0.25, 0.3) is 49.2 Å². The first-order valence-electron chi connectivity index (χ1n) is 9.99. The highest BCUT2D eigenvalue weighted by molar-refractivity contribution is 7.92. The lowest BCUT2D eigenvalue weighted by Gasteiger charge is -2.04. The topological polar surface area (TPSA) is 86.1 Å². The largest absolute Gasteiger partial charge is 0.308 e. The Morgan fingerprint density at radius 3 is 2.09 bits per heavy atom. The summed E-state index contributed by atoms with van der Waals surface area (Å²) in [5.41, 5.74) is 5.01. The summed E-state index contributed by atoms with van der Waals surface area (Å²) in [6, 6.07) is 24.2. The minimum atomic E-state index is -3.65. The standard InChI is InChI=1S/C26H11N3O2S/c27-12-14-5-7-16-19-11-23-24(18-3-1-2-4-22(18)32(23,30)31)25-17-8-6-15(13-28)10-21(17)29(26(19)25)20(16)9-14/h1-11H. The number of nitrogens with zero attached hydrogens (tertiary/aromatic N) is 3. The van der Waals surface area contributed by atoms with Gasteiger partial charge in [0, 0.05) is 32.7 Å². The number of nitriles is 2. The summed E-state index contributed by atoms with van der Waals surface area (Å²) < 4.78 is 29.0. The van der Waals surface area contributed by atoms with Crippen LogP contribution < -0.4 is 0 Å². The van der Waals surface area contributed by atoms with Crippen LogP contribution in [0.4, 0.5) is 0 Å². The van der Waals surface area contributed by atoms with Crippen LogP contribution in [0.5, 0.6) is 0 Å². The van der Waals surface area contributed by atoms with E-state index in [9.17, 15) is 18.9 Å². The Balaban J connectivity index is 1.86. The molecule has 0 saturated carbocycles. The van der Waals surface area contributed by atoms with Gasteiger partial charge in [0.1, 0.15) is 0 Å². The maximum Gasteiger partial charge on any atom is 0.207 e. The van der Waals surface area contributed by atoms with Crippen molar-refractivity contribution in [1.82, 2.24) is 4.40 Å². The summed E-state index contributed by atoms with van der Waals surface area (Å²) in [6.45, 7) is 0. The van der Waals surface area contributed by atoms with Crippen molar-refractivity contribution in [3.63, 3.8) is 0 Å². The van der Waals surface area contributed by atoms with Gasteiger partial charge in [0.25, 0.3) is 0 Å².